The molecule has 2 heterocycles. The van der Waals surface area contributed by atoms with Crippen molar-refractivity contribution in [3.05, 3.63) is 42.0 Å². The second-order valence-corrected chi connectivity index (χ2v) is 8.77. The number of likely N-dealkylation sites (tertiary alicyclic amines) is 1. The van der Waals surface area contributed by atoms with Crippen LogP contribution in [0.25, 0.3) is 11.1 Å². The summed E-state index contributed by atoms with van der Waals surface area (Å²) in [6.45, 7) is 7.22. The maximum atomic E-state index is 11.9. The molecule has 4 rings (SSSR count). The molecule has 0 aliphatic carbocycles. The molecule has 1 aliphatic heterocycles. The number of para-hydroxylation sites is 1. The van der Waals surface area contributed by atoms with Crippen molar-refractivity contribution in [2.24, 2.45) is 0 Å². The number of ether oxygens (including phenoxy) is 4. The molecule has 1 saturated heterocycles. The zero-order valence-corrected chi connectivity index (χ0v) is 21.4. The minimum atomic E-state index is -0.693. The SMILES string of the molecule is CCOc1cc(CN2CCC(Nc3nc4cccc(OC(CC)C(=O)OC)c4o3)CC2)ccc1OC. The van der Waals surface area contributed by atoms with Crippen molar-refractivity contribution in [2.45, 2.75) is 51.8 Å². The number of rotatable bonds is 11. The fraction of sp³-hybridized carbons (Fsp3) is 0.481. The summed E-state index contributed by atoms with van der Waals surface area (Å²) in [6, 6.07) is 12.3. The molecule has 1 unspecified atom stereocenters. The number of carbonyl (C=O) groups excluding carboxylic acids is 1. The Morgan fingerprint density at radius 1 is 1.14 bits per heavy atom. The highest BCUT2D eigenvalue weighted by Crippen LogP contribution is 2.31. The quantitative estimate of drug-likeness (QED) is 0.380. The van der Waals surface area contributed by atoms with Gasteiger partial charge in [0.1, 0.15) is 5.52 Å². The van der Waals surface area contributed by atoms with Gasteiger partial charge in [-0.05, 0) is 56.0 Å². The van der Waals surface area contributed by atoms with Crippen LogP contribution in [0.3, 0.4) is 0 Å². The van der Waals surface area contributed by atoms with Crippen LogP contribution >= 0.6 is 0 Å². The number of aromatic nitrogens is 1. The average molecular weight is 498 g/mol. The Bertz CT molecular complexity index is 1160. The first-order chi connectivity index (χ1) is 17.5. The molecule has 194 valence electrons. The Kier molecular flexibility index (Phi) is 8.53. The van der Waals surface area contributed by atoms with E-state index in [4.69, 9.17) is 23.4 Å². The van der Waals surface area contributed by atoms with Gasteiger partial charge in [0.05, 0.1) is 20.8 Å². The highest BCUT2D eigenvalue weighted by molar-refractivity contribution is 5.82. The lowest BCUT2D eigenvalue weighted by Crippen LogP contribution is -2.38. The van der Waals surface area contributed by atoms with Crippen molar-refractivity contribution in [3.8, 4) is 17.2 Å². The number of benzene rings is 2. The first kappa shape index (κ1) is 25.6. The van der Waals surface area contributed by atoms with E-state index in [1.165, 1.54) is 12.7 Å². The van der Waals surface area contributed by atoms with Crippen LogP contribution < -0.4 is 19.5 Å². The molecule has 1 aliphatic rings. The summed E-state index contributed by atoms with van der Waals surface area (Å²) in [7, 11) is 3.01. The van der Waals surface area contributed by atoms with Crippen LogP contribution in [0.4, 0.5) is 6.01 Å². The second kappa shape index (κ2) is 12.0. The predicted octanol–water partition coefficient (Wildman–Crippen LogP) is 4.64. The average Bonchev–Trinajstić information content (AvgIpc) is 3.31. The standard InChI is InChI=1S/C27H35N3O6/c1-5-21(26(31)33-4)35-23-9-7-8-20-25(23)36-27(29-20)28-19-12-14-30(15-13-19)17-18-10-11-22(32-3)24(16-18)34-6-2/h7-11,16,19,21H,5-6,12-15,17H2,1-4H3,(H,28,29). The Morgan fingerprint density at radius 3 is 2.64 bits per heavy atom. The van der Waals surface area contributed by atoms with Crippen molar-refractivity contribution >= 4 is 23.1 Å². The summed E-state index contributed by atoms with van der Waals surface area (Å²) in [5.41, 5.74) is 2.40. The summed E-state index contributed by atoms with van der Waals surface area (Å²) in [5.74, 6) is 1.60. The van der Waals surface area contributed by atoms with E-state index in [-0.39, 0.29) is 6.04 Å². The van der Waals surface area contributed by atoms with Crippen LogP contribution in [-0.2, 0) is 16.1 Å². The third-order valence-corrected chi connectivity index (χ3v) is 6.33. The Labute approximate surface area is 211 Å². The van der Waals surface area contributed by atoms with Crippen molar-refractivity contribution in [2.75, 3.05) is 39.2 Å². The van der Waals surface area contributed by atoms with E-state index >= 15 is 0 Å². The van der Waals surface area contributed by atoms with Crippen molar-refractivity contribution in [1.82, 2.24) is 9.88 Å². The van der Waals surface area contributed by atoms with Gasteiger partial charge in [-0.1, -0.05) is 19.1 Å². The van der Waals surface area contributed by atoms with Gasteiger partial charge in [-0.25, -0.2) is 4.79 Å². The molecule has 0 spiro atoms. The first-order valence-electron chi connectivity index (χ1n) is 12.5. The Balaban J connectivity index is 1.35. The van der Waals surface area contributed by atoms with Crippen LogP contribution in [0.15, 0.2) is 40.8 Å². The fourth-order valence-corrected chi connectivity index (χ4v) is 4.42. The van der Waals surface area contributed by atoms with E-state index in [1.54, 1.807) is 13.2 Å². The van der Waals surface area contributed by atoms with Crippen LogP contribution in [0.5, 0.6) is 17.2 Å². The summed E-state index contributed by atoms with van der Waals surface area (Å²) in [6.07, 6.45) is 1.74. The third kappa shape index (κ3) is 6.02. The molecule has 2 aromatic carbocycles. The number of fused-ring (bicyclic) bond motifs is 1. The van der Waals surface area contributed by atoms with E-state index < -0.39 is 12.1 Å². The number of oxazole rings is 1. The highest BCUT2D eigenvalue weighted by atomic mass is 16.6. The van der Waals surface area contributed by atoms with Gasteiger partial charge in [-0.3, -0.25) is 4.90 Å². The second-order valence-electron chi connectivity index (χ2n) is 8.77. The lowest BCUT2D eigenvalue weighted by molar-refractivity contribution is -0.148. The van der Waals surface area contributed by atoms with Crippen LogP contribution in [0.1, 0.15) is 38.7 Å². The van der Waals surface area contributed by atoms with Gasteiger partial charge in [-0.2, -0.15) is 4.98 Å². The number of esters is 1. The number of hydrogen-bond acceptors (Lipinski definition) is 9. The maximum absolute atomic E-state index is 11.9. The molecule has 0 amide bonds. The molecule has 1 aromatic heterocycles. The molecule has 1 N–H and O–H groups in total. The van der Waals surface area contributed by atoms with Gasteiger partial charge in [0.2, 0.25) is 0 Å². The number of carbonyl (C=O) groups is 1. The van der Waals surface area contributed by atoms with Crippen LogP contribution in [0, 0.1) is 0 Å². The number of anilines is 1. The molecule has 3 aromatic rings. The number of nitrogens with zero attached hydrogens (tertiary/aromatic N) is 2. The molecule has 0 saturated carbocycles. The molecule has 1 atom stereocenters. The van der Waals surface area contributed by atoms with Gasteiger partial charge in [-0.15, -0.1) is 0 Å². The molecule has 9 heteroatoms. The lowest BCUT2D eigenvalue weighted by atomic mass is 10.0. The topological polar surface area (TPSA) is 95.3 Å². The minimum absolute atomic E-state index is 0.256. The maximum Gasteiger partial charge on any atom is 0.347 e. The molecule has 36 heavy (non-hydrogen) atoms. The van der Waals surface area contributed by atoms with Crippen LogP contribution in [0.2, 0.25) is 0 Å². The Morgan fingerprint density at radius 2 is 1.94 bits per heavy atom. The largest absolute Gasteiger partial charge is 0.493 e. The third-order valence-electron chi connectivity index (χ3n) is 6.33. The normalized spacial score (nSPS) is 15.4. The molecule has 1 fully saturated rings. The first-order valence-corrected chi connectivity index (χ1v) is 12.5. The van der Waals surface area contributed by atoms with E-state index in [2.05, 4.69) is 27.3 Å². The molecular weight excluding hydrogens is 462 g/mol. The van der Waals surface area contributed by atoms with Crippen LogP contribution in [-0.4, -0.2) is 61.9 Å². The smallest absolute Gasteiger partial charge is 0.347 e. The summed E-state index contributed by atoms with van der Waals surface area (Å²) in [5, 5.41) is 3.44. The van der Waals surface area contributed by atoms with E-state index in [0.29, 0.717) is 35.9 Å². The monoisotopic (exact) mass is 497 g/mol. The van der Waals surface area contributed by atoms with E-state index in [0.717, 1.165) is 44.0 Å². The number of piperidine rings is 1. The summed E-state index contributed by atoms with van der Waals surface area (Å²) < 4.78 is 27.8. The highest BCUT2D eigenvalue weighted by Gasteiger charge is 2.24. The summed E-state index contributed by atoms with van der Waals surface area (Å²) in [4.78, 5) is 19.0. The Hall–Kier alpha value is -3.46. The van der Waals surface area contributed by atoms with Gasteiger partial charge < -0.3 is 28.7 Å². The van der Waals surface area contributed by atoms with Crippen molar-refractivity contribution in [1.29, 1.82) is 0 Å². The molecule has 0 radical (unpaired) electrons. The predicted molar refractivity (Wildman–Crippen MR) is 137 cm³/mol. The van der Waals surface area contributed by atoms with E-state index in [1.807, 2.05) is 32.0 Å². The number of methoxy groups -OCH3 is 2. The van der Waals surface area contributed by atoms with Gasteiger partial charge in [0, 0.05) is 25.7 Å². The van der Waals surface area contributed by atoms with Gasteiger partial charge in [0.25, 0.3) is 6.01 Å². The molecule has 9 nitrogen and oxygen atoms in total. The molecular formula is C27H35N3O6. The van der Waals surface area contributed by atoms with Gasteiger partial charge in [0.15, 0.2) is 28.9 Å². The number of hydrogen-bond donors (Lipinski definition) is 1. The van der Waals surface area contributed by atoms with E-state index in [9.17, 15) is 4.79 Å². The summed E-state index contributed by atoms with van der Waals surface area (Å²) >= 11 is 0. The van der Waals surface area contributed by atoms with Crippen molar-refractivity contribution in [3.63, 3.8) is 0 Å². The van der Waals surface area contributed by atoms with Crippen molar-refractivity contribution < 1.29 is 28.2 Å². The zero-order chi connectivity index (χ0) is 25.5. The molecule has 0 bridgehead atoms. The zero-order valence-electron chi connectivity index (χ0n) is 21.4. The number of nitrogens with one attached hydrogen (secondary N) is 1. The minimum Gasteiger partial charge on any atom is -0.493 e. The lowest BCUT2D eigenvalue weighted by Gasteiger charge is -2.32. The fourth-order valence-electron chi connectivity index (χ4n) is 4.42. The van der Waals surface area contributed by atoms with Gasteiger partial charge >= 0.3 is 5.97 Å².